The Morgan fingerprint density at radius 3 is 1.42 bits per heavy atom. The summed E-state index contributed by atoms with van der Waals surface area (Å²) in [4.78, 5) is 0. The Hall–Kier alpha value is 2.67. The molecule has 0 bridgehead atoms. The largest absolute Gasteiger partial charge is 1.00 e. The average Bonchev–Trinajstić information content (AvgIpc) is 1.83. The molecule has 0 amide bonds. The molecule has 3 N–H and O–H groups in total. The number of rotatable bonds is 0. The first-order chi connectivity index (χ1) is 4.22. The topological polar surface area (TPSA) is 47.4 Å². The second-order valence-corrected chi connectivity index (χ2v) is 2.59. The van der Waals surface area contributed by atoms with Crippen LogP contribution in [0, 0.1) is 13.8 Å². The van der Waals surface area contributed by atoms with Crippen LogP contribution in [0.1, 0.15) is 4.28 Å². The van der Waals surface area contributed by atoms with Crippen LogP contribution in [0.5, 0.6) is 0 Å². The van der Waals surface area contributed by atoms with Crippen molar-refractivity contribution in [1.82, 2.24) is 15.4 Å². The third kappa shape index (κ3) is 6.21. The van der Waals surface area contributed by atoms with Crippen LogP contribution >= 0.6 is 36.7 Å². The Balaban J connectivity index is -0.0000000337. The van der Waals surface area contributed by atoms with Crippen molar-refractivity contribution < 1.29 is 93.0 Å². The van der Waals surface area contributed by atoms with Gasteiger partial charge in [0.05, 0.1) is 0 Å². The summed E-state index contributed by atoms with van der Waals surface area (Å²) in [6.07, 6.45) is 0. The predicted octanol–water partition coefficient (Wildman–Crippen LogP) is -6.79. The average molecular weight is 249 g/mol. The van der Waals surface area contributed by atoms with Gasteiger partial charge in [0.15, 0.2) is 0 Å². The molecular formula is C3H6N3Na3S3. The van der Waals surface area contributed by atoms with E-state index in [1.165, 1.54) is 0 Å². The fourth-order valence-electron chi connectivity index (χ4n) is 0.361. The van der Waals surface area contributed by atoms with Crippen LogP contribution in [-0.2, 0) is 0 Å². The molecule has 54 valence electrons. The summed E-state index contributed by atoms with van der Waals surface area (Å²) in [5.74, 6) is 0. The molecule has 0 saturated heterocycles. The van der Waals surface area contributed by atoms with E-state index >= 15 is 0 Å². The molecule has 12 heavy (non-hydrogen) atoms. The van der Waals surface area contributed by atoms with Crippen LogP contribution in [0.4, 0.5) is 0 Å². The summed E-state index contributed by atoms with van der Waals surface area (Å²) >= 11 is 14.3. The molecule has 0 saturated carbocycles. The van der Waals surface area contributed by atoms with Gasteiger partial charge < -0.3 is 4.28 Å². The van der Waals surface area contributed by atoms with Crippen molar-refractivity contribution in [3.8, 4) is 0 Å². The summed E-state index contributed by atoms with van der Waals surface area (Å²) in [6, 6.07) is 0. The molecule has 0 aliphatic heterocycles. The Kier molecular flexibility index (Phi) is 17.1. The second kappa shape index (κ2) is 10.2. The van der Waals surface area contributed by atoms with Gasteiger partial charge >= 0.3 is 88.7 Å². The minimum atomic E-state index is 0. The monoisotopic (exact) mass is 249 g/mol. The molecule has 9 heteroatoms. The zero-order chi connectivity index (χ0) is 6.85. The van der Waals surface area contributed by atoms with Crippen LogP contribution < -0.4 is 88.7 Å². The fraction of sp³-hybridized carbons (Fsp3) is 0. The molecule has 0 fully saturated rings. The van der Waals surface area contributed by atoms with E-state index < -0.39 is 0 Å². The van der Waals surface area contributed by atoms with E-state index in [1.54, 1.807) is 0 Å². The number of aromatic amines is 3. The smallest absolute Gasteiger partial charge is 1.00 e. The van der Waals surface area contributed by atoms with E-state index in [4.69, 9.17) is 36.7 Å². The van der Waals surface area contributed by atoms with E-state index in [2.05, 4.69) is 15.4 Å². The van der Waals surface area contributed by atoms with Crippen LogP contribution in [0.25, 0.3) is 0 Å². The molecule has 1 aromatic rings. The van der Waals surface area contributed by atoms with Gasteiger partial charge in [-0.05, 0) is 0 Å². The summed E-state index contributed by atoms with van der Waals surface area (Å²) in [7, 11) is 0. The van der Waals surface area contributed by atoms with E-state index in [1.807, 2.05) is 0 Å². The Morgan fingerprint density at radius 1 is 0.833 bits per heavy atom. The zero-order valence-electron chi connectivity index (χ0n) is 10.2. The first-order valence-electron chi connectivity index (χ1n) is 2.11. The maximum absolute atomic E-state index is 4.80. The van der Waals surface area contributed by atoms with Gasteiger partial charge in [-0.2, -0.15) is 0 Å². The first-order valence-corrected chi connectivity index (χ1v) is 3.34. The predicted molar refractivity (Wildman–Crippen MR) is 45.3 cm³/mol. The van der Waals surface area contributed by atoms with Gasteiger partial charge in [-0.3, -0.25) is 10.2 Å². The molecule has 0 spiro atoms. The van der Waals surface area contributed by atoms with Crippen molar-refractivity contribution >= 4 is 36.7 Å². The standard InChI is InChI=1S/C3H3N3S3.3Na.3H/c7-1-2(8)4-6-5-3(1)9;;;;;;/h(H,6,7)(H2,4,5,8,9);;;;;;/q;3*+1;3*-1. The Bertz CT molecular complexity index is 345. The molecule has 3 nitrogen and oxygen atoms in total. The summed E-state index contributed by atoms with van der Waals surface area (Å²) < 4.78 is 1.42. The summed E-state index contributed by atoms with van der Waals surface area (Å²) in [5, 5.41) is 7.75. The molecule has 0 aliphatic rings. The van der Waals surface area contributed by atoms with Gasteiger partial charge in [-0.25, -0.2) is 5.21 Å². The summed E-state index contributed by atoms with van der Waals surface area (Å²) in [6.45, 7) is 0. The van der Waals surface area contributed by atoms with Crippen molar-refractivity contribution in [1.29, 1.82) is 0 Å². The van der Waals surface area contributed by atoms with E-state index in [0.717, 1.165) is 0 Å². The van der Waals surface area contributed by atoms with Crippen LogP contribution in [0.3, 0.4) is 0 Å². The quantitative estimate of drug-likeness (QED) is 0.316. The molecule has 1 rings (SSSR count). The van der Waals surface area contributed by atoms with Crippen molar-refractivity contribution in [2.24, 2.45) is 0 Å². The van der Waals surface area contributed by atoms with Crippen LogP contribution in [-0.4, -0.2) is 15.4 Å². The normalized spacial score (nSPS) is 7.00. The van der Waals surface area contributed by atoms with Crippen molar-refractivity contribution in [2.45, 2.75) is 0 Å². The van der Waals surface area contributed by atoms with E-state index in [-0.39, 0.29) is 93.0 Å². The Morgan fingerprint density at radius 2 is 1.17 bits per heavy atom. The van der Waals surface area contributed by atoms with Crippen LogP contribution in [0.15, 0.2) is 0 Å². The van der Waals surface area contributed by atoms with Gasteiger partial charge in [0, 0.05) is 0 Å². The van der Waals surface area contributed by atoms with Gasteiger partial charge in [-0.15, -0.1) is 0 Å². The van der Waals surface area contributed by atoms with Crippen molar-refractivity contribution in [2.75, 3.05) is 0 Å². The molecule has 1 aromatic heterocycles. The number of nitrogens with one attached hydrogen (secondary N) is 3. The molecule has 0 atom stereocenters. The van der Waals surface area contributed by atoms with E-state index in [0.29, 0.717) is 13.8 Å². The maximum Gasteiger partial charge on any atom is 1.00 e. The Labute approximate surface area is 156 Å². The van der Waals surface area contributed by atoms with Gasteiger partial charge in [0.25, 0.3) is 0 Å². The molecular weight excluding hydrogens is 243 g/mol. The SMILES string of the molecule is S=c1[nH][nH][nH]c(=S)c1=S.[H-].[H-].[H-].[Na+].[Na+].[Na+]. The number of hydrogen-bond donors (Lipinski definition) is 3. The minimum absolute atomic E-state index is 0. The van der Waals surface area contributed by atoms with E-state index in [9.17, 15) is 0 Å². The third-order valence-electron chi connectivity index (χ3n) is 0.765. The third-order valence-corrected chi connectivity index (χ3v) is 2.04. The number of hydrogen-bond acceptors (Lipinski definition) is 3. The van der Waals surface area contributed by atoms with Gasteiger partial charge in [0.2, 0.25) is 0 Å². The first kappa shape index (κ1) is 20.1. The molecule has 1 heterocycles. The minimum Gasteiger partial charge on any atom is -1.00 e. The molecule has 0 radical (unpaired) electrons. The van der Waals surface area contributed by atoms with Crippen molar-refractivity contribution in [3.05, 3.63) is 13.8 Å². The summed E-state index contributed by atoms with van der Waals surface area (Å²) in [5.41, 5.74) is 0. The molecule has 0 aromatic carbocycles. The number of aromatic nitrogens is 3. The molecule has 0 unspecified atom stereocenters. The zero-order valence-corrected chi connectivity index (χ0v) is 15.7. The molecule has 0 aliphatic carbocycles. The van der Waals surface area contributed by atoms with Gasteiger partial charge in [-0.1, -0.05) is 36.7 Å². The van der Waals surface area contributed by atoms with Gasteiger partial charge in [0.1, 0.15) is 13.8 Å². The van der Waals surface area contributed by atoms with Crippen molar-refractivity contribution in [3.63, 3.8) is 0 Å². The van der Waals surface area contributed by atoms with Crippen LogP contribution in [0.2, 0.25) is 0 Å². The fourth-order valence-corrected chi connectivity index (χ4v) is 0.834. The second-order valence-electron chi connectivity index (χ2n) is 1.36. The number of H-pyrrole nitrogens is 3. The maximum atomic E-state index is 4.80.